The van der Waals surface area contributed by atoms with Crippen molar-refractivity contribution in [2.24, 2.45) is 47.3 Å². The number of allylic oxidation sites excluding steroid dienone is 2. The first kappa shape index (κ1) is 9.28. The van der Waals surface area contributed by atoms with Crippen LogP contribution in [-0.2, 0) is 0 Å². The van der Waals surface area contributed by atoms with E-state index in [-0.39, 0.29) is 0 Å². The van der Waals surface area contributed by atoms with Crippen molar-refractivity contribution in [1.82, 2.24) is 0 Å². The van der Waals surface area contributed by atoms with E-state index in [1.165, 1.54) is 12.8 Å². The molecule has 8 unspecified atom stereocenters. The molecule has 4 rings (SSSR count). The molecule has 0 saturated heterocycles. The predicted molar refractivity (Wildman–Crippen MR) is 62.2 cm³/mol. The Morgan fingerprint density at radius 1 is 1.12 bits per heavy atom. The van der Waals surface area contributed by atoms with Crippen LogP contribution in [-0.4, -0.2) is 0 Å². The van der Waals surface area contributed by atoms with E-state index in [0.717, 1.165) is 53.8 Å². The minimum absolute atomic E-state index is 0.726. The number of hydrogen-bond acceptors (Lipinski definition) is 1. The molecule has 3 fully saturated rings. The number of rotatable bonds is 1. The quantitative estimate of drug-likeness (QED) is 0.484. The highest BCUT2D eigenvalue weighted by atomic mass is 14.7. The van der Waals surface area contributed by atoms with Gasteiger partial charge in [0.15, 0.2) is 0 Å². The van der Waals surface area contributed by atoms with Gasteiger partial charge in [-0.3, -0.25) is 0 Å². The summed E-state index contributed by atoms with van der Waals surface area (Å²) >= 11 is 0. The molecule has 0 aliphatic heterocycles. The number of nitriles is 1. The van der Waals surface area contributed by atoms with Crippen molar-refractivity contribution in [2.45, 2.75) is 26.2 Å². The molecule has 0 aromatic heterocycles. The van der Waals surface area contributed by atoms with Gasteiger partial charge in [0.2, 0.25) is 0 Å². The predicted octanol–water partition coefficient (Wildman–Crippen LogP) is 3.24. The molecule has 0 heterocycles. The van der Waals surface area contributed by atoms with Crippen LogP contribution in [0.5, 0.6) is 0 Å². The Kier molecular flexibility index (Phi) is 1.69. The first-order valence-electron chi connectivity index (χ1n) is 6.86. The first-order chi connectivity index (χ1) is 7.81. The Balaban J connectivity index is 1.70. The molecule has 8 atom stereocenters. The van der Waals surface area contributed by atoms with E-state index in [1.54, 1.807) is 0 Å². The van der Waals surface area contributed by atoms with Crippen molar-refractivity contribution in [2.75, 3.05) is 0 Å². The zero-order valence-corrected chi connectivity index (χ0v) is 9.84. The summed E-state index contributed by atoms with van der Waals surface area (Å²) in [5.74, 6) is 7.16. The normalized spacial score (nSPS) is 60.2. The van der Waals surface area contributed by atoms with Gasteiger partial charge in [-0.1, -0.05) is 19.1 Å². The maximum atomic E-state index is 8.98. The average molecular weight is 213 g/mol. The molecule has 0 spiro atoms. The number of hydrogen-bond donors (Lipinski definition) is 0. The minimum Gasteiger partial charge on any atom is -0.198 e. The van der Waals surface area contributed by atoms with Gasteiger partial charge in [0.05, 0.1) is 6.07 Å². The summed E-state index contributed by atoms with van der Waals surface area (Å²) in [5, 5.41) is 8.98. The van der Waals surface area contributed by atoms with Gasteiger partial charge in [-0.2, -0.15) is 5.26 Å². The van der Waals surface area contributed by atoms with Crippen molar-refractivity contribution < 1.29 is 0 Å². The molecule has 0 N–H and O–H groups in total. The van der Waals surface area contributed by atoms with Crippen molar-refractivity contribution in [3.63, 3.8) is 0 Å². The van der Waals surface area contributed by atoms with Gasteiger partial charge in [-0.25, -0.2) is 0 Å². The Labute approximate surface area is 97.5 Å². The lowest BCUT2D eigenvalue weighted by atomic mass is 9.65. The molecule has 1 heteroatoms. The highest BCUT2D eigenvalue weighted by Crippen LogP contribution is 2.68. The summed E-state index contributed by atoms with van der Waals surface area (Å²) < 4.78 is 0. The summed E-state index contributed by atoms with van der Waals surface area (Å²) in [7, 11) is 0. The third kappa shape index (κ3) is 0.887. The standard InChI is InChI=1S/C15H19N/c1-8-11(4-5-16)13-7-12(8)14-9-2-3-10(6-9)15(13)14/h2-3,8-15H,4,6-7H2,1H3. The van der Waals surface area contributed by atoms with Crippen LogP contribution in [0.4, 0.5) is 0 Å². The molecule has 0 aromatic rings. The van der Waals surface area contributed by atoms with Gasteiger partial charge >= 0.3 is 0 Å². The molecule has 4 bridgehead atoms. The monoisotopic (exact) mass is 213 g/mol. The van der Waals surface area contributed by atoms with Crippen LogP contribution in [0.1, 0.15) is 26.2 Å². The van der Waals surface area contributed by atoms with Crippen LogP contribution in [0.25, 0.3) is 0 Å². The lowest BCUT2D eigenvalue weighted by Gasteiger charge is -2.39. The summed E-state index contributed by atoms with van der Waals surface area (Å²) in [6.45, 7) is 2.42. The van der Waals surface area contributed by atoms with Gasteiger partial charge in [0, 0.05) is 6.42 Å². The fourth-order valence-corrected chi connectivity index (χ4v) is 5.91. The summed E-state index contributed by atoms with van der Waals surface area (Å²) in [6, 6.07) is 2.43. The van der Waals surface area contributed by atoms with Crippen molar-refractivity contribution in [3.05, 3.63) is 12.2 Å². The molecule has 16 heavy (non-hydrogen) atoms. The zero-order valence-electron chi connectivity index (χ0n) is 9.84. The average Bonchev–Trinajstić information content (AvgIpc) is 2.97. The molecule has 0 radical (unpaired) electrons. The van der Waals surface area contributed by atoms with E-state index in [0.29, 0.717) is 0 Å². The lowest BCUT2D eigenvalue weighted by Crippen LogP contribution is -2.35. The van der Waals surface area contributed by atoms with Crippen molar-refractivity contribution in [1.29, 1.82) is 5.26 Å². The van der Waals surface area contributed by atoms with E-state index in [4.69, 9.17) is 5.26 Å². The molecular formula is C15H19N. The summed E-state index contributed by atoms with van der Waals surface area (Å²) in [5.41, 5.74) is 0. The Hall–Kier alpha value is -0.770. The van der Waals surface area contributed by atoms with E-state index in [1.807, 2.05) is 0 Å². The SMILES string of the molecule is CC1C(CC#N)C2CC1C1C3C=CC(C3)C21. The van der Waals surface area contributed by atoms with Gasteiger partial charge in [-0.15, -0.1) is 0 Å². The van der Waals surface area contributed by atoms with Gasteiger partial charge in [-0.05, 0) is 60.2 Å². The zero-order chi connectivity index (χ0) is 10.9. The maximum absolute atomic E-state index is 8.98. The molecule has 84 valence electrons. The van der Waals surface area contributed by atoms with Crippen LogP contribution in [0.15, 0.2) is 12.2 Å². The number of nitrogens with zero attached hydrogens (tertiary/aromatic N) is 1. The second kappa shape index (κ2) is 2.92. The topological polar surface area (TPSA) is 23.8 Å². The van der Waals surface area contributed by atoms with Crippen molar-refractivity contribution in [3.8, 4) is 6.07 Å². The van der Waals surface area contributed by atoms with Gasteiger partial charge in [0.25, 0.3) is 0 Å². The fraction of sp³-hybridized carbons (Fsp3) is 0.800. The largest absolute Gasteiger partial charge is 0.198 e. The van der Waals surface area contributed by atoms with Crippen LogP contribution in [0, 0.1) is 58.7 Å². The van der Waals surface area contributed by atoms with E-state index < -0.39 is 0 Å². The molecule has 4 aliphatic carbocycles. The molecule has 3 saturated carbocycles. The highest BCUT2D eigenvalue weighted by molar-refractivity contribution is 5.21. The van der Waals surface area contributed by atoms with Gasteiger partial charge in [0.1, 0.15) is 0 Å². The van der Waals surface area contributed by atoms with Crippen LogP contribution in [0.2, 0.25) is 0 Å². The smallest absolute Gasteiger partial charge is 0.0624 e. The number of fused-ring (bicyclic) bond motifs is 9. The molecule has 4 aliphatic rings. The van der Waals surface area contributed by atoms with Crippen LogP contribution >= 0.6 is 0 Å². The van der Waals surface area contributed by atoms with Crippen molar-refractivity contribution >= 4 is 0 Å². The second-order valence-electron chi connectivity index (χ2n) is 6.55. The molecular weight excluding hydrogens is 194 g/mol. The lowest BCUT2D eigenvalue weighted by molar-refractivity contribution is 0.100. The Morgan fingerprint density at radius 2 is 1.81 bits per heavy atom. The molecule has 0 amide bonds. The second-order valence-corrected chi connectivity index (χ2v) is 6.55. The molecule has 1 nitrogen and oxygen atoms in total. The van der Waals surface area contributed by atoms with Gasteiger partial charge < -0.3 is 0 Å². The maximum Gasteiger partial charge on any atom is 0.0624 e. The van der Waals surface area contributed by atoms with Crippen LogP contribution < -0.4 is 0 Å². The van der Waals surface area contributed by atoms with E-state index >= 15 is 0 Å². The Morgan fingerprint density at radius 3 is 2.50 bits per heavy atom. The Bertz CT molecular complexity index is 391. The molecule has 0 aromatic carbocycles. The fourth-order valence-electron chi connectivity index (χ4n) is 5.91. The minimum atomic E-state index is 0.726. The highest BCUT2D eigenvalue weighted by Gasteiger charge is 2.63. The third-order valence-electron chi connectivity index (χ3n) is 6.34. The summed E-state index contributed by atoms with van der Waals surface area (Å²) in [4.78, 5) is 0. The van der Waals surface area contributed by atoms with Crippen LogP contribution in [0.3, 0.4) is 0 Å². The first-order valence-corrected chi connectivity index (χ1v) is 6.86. The van der Waals surface area contributed by atoms with E-state index in [2.05, 4.69) is 25.1 Å². The summed E-state index contributed by atoms with van der Waals surface area (Å²) in [6.07, 6.45) is 8.68. The third-order valence-corrected chi connectivity index (χ3v) is 6.34. The van der Waals surface area contributed by atoms with E-state index in [9.17, 15) is 0 Å².